The van der Waals surface area contributed by atoms with Crippen LogP contribution in [0.1, 0.15) is 50.0 Å². The lowest BCUT2D eigenvalue weighted by atomic mass is 9.96. The minimum Gasteiger partial charge on any atom is -0.361 e. The molecule has 2 aromatic heterocycles. The van der Waals surface area contributed by atoms with E-state index in [9.17, 15) is 4.79 Å². The Morgan fingerprint density at radius 2 is 2.19 bits per heavy atom. The van der Waals surface area contributed by atoms with E-state index in [0.29, 0.717) is 12.5 Å². The van der Waals surface area contributed by atoms with Crippen LogP contribution >= 0.6 is 0 Å². The summed E-state index contributed by atoms with van der Waals surface area (Å²) >= 11 is 0. The van der Waals surface area contributed by atoms with Crippen LogP contribution in [0, 0.1) is 0 Å². The van der Waals surface area contributed by atoms with Crippen LogP contribution in [-0.2, 0) is 11.2 Å². The van der Waals surface area contributed by atoms with Crippen molar-refractivity contribution in [3.05, 3.63) is 48.2 Å². The summed E-state index contributed by atoms with van der Waals surface area (Å²) in [6, 6.07) is 8.46. The van der Waals surface area contributed by atoms with Crippen LogP contribution in [0.5, 0.6) is 0 Å². The molecule has 6 nitrogen and oxygen atoms in total. The number of fused-ring (bicyclic) bond motifs is 1. The van der Waals surface area contributed by atoms with E-state index in [0.717, 1.165) is 48.2 Å². The van der Waals surface area contributed by atoms with Gasteiger partial charge in [0.05, 0.1) is 6.42 Å². The van der Waals surface area contributed by atoms with Crippen LogP contribution in [0.15, 0.2) is 36.8 Å². The molecule has 1 N–H and O–H groups in total. The zero-order valence-corrected chi connectivity index (χ0v) is 15.4. The maximum absolute atomic E-state index is 12.9. The lowest BCUT2D eigenvalue weighted by molar-refractivity contribution is -0.131. The van der Waals surface area contributed by atoms with Gasteiger partial charge in [-0.1, -0.05) is 18.2 Å². The number of H-pyrrole nitrogens is 1. The average Bonchev–Trinajstić information content (AvgIpc) is 3.29. The Balaban J connectivity index is 1.49. The molecule has 3 aromatic rings. The molecular formula is C20H25N5O. The van der Waals surface area contributed by atoms with Gasteiger partial charge < -0.3 is 14.5 Å². The Hall–Kier alpha value is -2.63. The molecule has 0 radical (unpaired) electrons. The van der Waals surface area contributed by atoms with E-state index >= 15 is 0 Å². The molecule has 1 amide bonds. The largest absolute Gasteiger partial charge is 0.361 e. The zero-order chi connectivity index (χ0) is 18.1. The maximum Gasteiger partial charge on any atom is 0.227 e. The van der Waals surface area contributed by atoms with E-state index in [4.69, 9.17) is 0 Å². The number of nitrogens with zero attached hydrogens (tertiary/aromatic N) is 4. The molecule has 1 atom stereocenters. The van der Waals surface area contributed by atoms with Crippen LogP contribution < -0.4 is 0 Å². The Bertz CT molecular complexity index is 910. The summed E-state index contributed by atoms with van der Waals surface area (Å²) in [4.78, 5) is 18.2. The van der Waals surface area contributed by atoms with Gasteiger partial charge in [-0.25, -0.2) is 0 Å². The SMILES string of the molecule is CC(C)n1cnnc1[C@@H]1CCCN(C(=O)Cc2c[nH]c3ccccc23)C1. The average molecular weight is 351 g/mol. The number of hydrogen-bond acceptors (Lipinski definition) is 3. The number of nitrogens with one attached hydrogen (secondary N) is 1. The van der Waals surface area contributed by atoms with Gasteiger partial charge in [-0.2, -0.15) is 0 Å². The highest BCUT2D eigenvalue weighted by Gasteiger charge is 2.28. The van der Waals surface area contributed by atoms with Crippen molar-refractivity contribution in [2.75, 3.05) is 13.1 Å². The first-order valence-electron chi connectivity index (χ1n) is 9.35. The molecule has 6 heteroatoms. The summed E-state index contributed by atoms with van der Waals surface area (Å²) in [6.45, 7) is 5.82. The molecule has 0 unspecified atom stereocenters. The fourth-order valence-electron chi connectivity index (χ4n) is 3.91. The molecule has 3 heterocycles. The van der Waals surface area contributed by atoms with Gasteiger partial charge in [0.25, 0.3) is 0 Å². The fourth-order valence-corrected chi connectivity index (χ4v) is 3.91. The molecule has 0 saturated carbocycles. The van der Waals surface area contributed by atoms with Gasteiger partial charge in [0.15, 0.2) is 0 Å². The highest BCUT2D eigenvalue weighted by atomic mass is 16.2. The fraction of sp³-hybridized carbons (Fsp3) is 0.450. The molecule has 26 heavy (non-hydrogen) atoms. The monoisotopic (exact) mass is 351 g/mol. The van der Waals surface area contributed by atoms with E-state index in [2.05, 4.69) is 39.7 Å². The van der Waals surface area contributed by atoms with Crippen LogP contribution in [0.25, 0.3) is 10.9 Å². The molecule has 0 bridgehead atoms. The number of carbonyl (C=O) groups excluding carboxylic acids is 1. The van der Waals surface area contributed by atoms with Crippen molar-refractivity contribution in [2.24, 2.45) is 0 Å². The predicted octanol–water partition coefficient (Wildman–Crippen LogP) is 3.29. The van der Waals surface area contributed by atoms with E-state index in [1.165, 1.54) is 0 Å². The molecule has 1 aromatic carbocycles. The molecule has 1 aliphatic rings. The molecule has 1 saturated heterocycles. The number of amides is 1. The zero-order valence-electron chi connectivity index (χ0n) is 15.4. The number of aromatic nitrogens is 4. The van der Waals surface area contributed by atoms with Crippen molar-refractivity contribution in [2.45, 2.75) is 45.1 Å². The minimum absolute atomic E-state index is 0.190. The first-order valence-corrected chi connectivity index (χ1v) is 9.35. The van der Waals surface area contributed by atoms with E-state index in [1.54, 1.807) is 6.33 Å². The van der Waals surface area contributed by atoms with E-state index in [-0.39, 0.29) is 11.8 Å². The summed E-state index contributed by atoms with van der Waals surface area (Å²) in [5, 5.41) is 9.56. The third kappa shape index (κ3) is 3.11. The number of likely N-dealkylation sites (tertiary alicyclic amines) is 1. The van der Waals surface area contributed by atoms with E-state index < -0.39 is 0 Å². The second-order valence-electron chi connectivity index (χ2n) is 7.41. The number of para-hydroxylation sites is 1. The van der Waals surface area contributed by atoms with Gasteiger partial charge in [-0.3, -0.25) is 4.79 Å². The number of carbonyl (C=O) groups is 1. The first-order chi connectivity index (χ1) is 12.6. The van der Waals surface area contributed by atoms with Crippen molar-refractivity contribution in [1.82, 2.24) is 24.6 Å². The molecule has 1 aliphatic heterocycles. The minimum atomic E-state index is 0.190. The van der Waals surface area contributed by atoms with Crippen molar-refractivity contribution in [3.8, 4) is 0 Å². The summed E-state index contributed by atoms with van der Waals surface area (Å²) < 4.78 is 2.12. The number of hydrogen-bond donors (Lipinski definition) is 1. The molecular weight excluding hydrogens is 326 g/mol. The molecule has 0 aliphatic carbocycles. The lowest BCUT2D eigenvalue weighted by Crippen LogP contribution is -2.40. The van der Waals surface area contributed by atoms with Gasteiger partial charge in [0, 0.05) is 42.1 Å². The molecule has 1 fully saturated rings. The van der Waals surface area contributed by atoms with E-state index in [1.807, 2.05) is 29.3 Å². The first kappa shape index (κ1) is 16.8. The standard InChI is InChI=1S/C20H25N5O/c1-14(2)25-13-22-23-20(25)15-6-5-9-24(12-15)19(26)10-16-11-21-18-8-4-3-7-17(16)18/h3-4,7-8,11,13-15,21H,5-6,9-10,12H2,1-2H3/t15-/m1/s1. The van der Waals surface area contributed by atoms with Crippen molar-refractivity contribution in [1.29, 1.82) is 0 Å². The molecule has 0 spiro atoms. The summed E-state index contributed by atoms with van der Waals surface area (Å²) in [5.41, 5.74) is 2.15. The third-order valence-corrected chi connectivity index (χ3v) is 5.31. The van der Waals surface area contributed by atoms with Gasteiger partial charge in [-0.05, 0) is 38.3 Å². The van der Waals surface area contributed by atoms with Crippen molar-refractivity contribution >= 4 is 16.8 Å². The van der Waals surface area contributed by atoms with Crippen molar-refractivity contribution in [3.63, 3.8) is 0 Å². The normalized spacial score (nSPS) is 18.0. The Morgan fingerprint density at radius 1 is 1.35 bits per heavy atom. The Labute approximate surface area is 153 Å². The summed E-state index contributed by atoms with van der Waals surface area (Å²) in [5.74, 6) is 1.46. The molecule has 136 valence electrons. The predicted molar refractivity (Wildman–Crippen MR) is 101 cm³/mol. The molecule has 4 rings (SSSR count). The Kier molecular flexibility index (Phi) is 4.49. The van der Waals surface area contributed by atoms with Crippen molar-refractivity contribution < 1.29 is 4.79 Å². The lowest BCUT2D eigenvalue weighted by Gasteiger charge is -2.32. The smallest absolute Gasteiger partial charge is 0.227 e. The number of piperidine rings is 1. The second-order valence-corrected chi connectivity index (χ2v) is 7.41. The second kappa shape index (κ2) is 6.94. The highest BCUT2D eigenvalue weighted by Crippen LogP contribution is 2.28. The summed E-state index contributed by atoms with van der Waals surface area (Å²) in [6.07, 6.45) is 6.26. The third-order valence-electron chi connectivity index (χ3n) is 5.31. The van der Waals surface area contributed by atoms with Gasteiger partial charge in [0.1, 0.15) is 12.2 Å². The maximum atomic E-state index is 12.9. The topological polar surface area (TPSA) is 66.8 Å². The van der Waals surface area contributed by atoms with Crippen LogP contribution in [0.4, 0.5) is 0 Å². The number of aromatic amines is 1. The quantitative estimate of drug-likeness (QED) is 0.784. The van der Waals surface area contributed by atoms with Crippen LogP contribution in [0.3, 0.4) is 0 Å². The summed E-state index contributed by atoms with van der Waals surface area (Å²) in [7, 11) is 0. The Morgan fingerprint density at radius 3 is 3.04 bits per heavy atom. The number of benzene rings is 1. The number of rotatable bonds is 4. The van der Waals surface area contributed by atoms with Crippen LogP contribution in [-0.4, -0.2) is 43.6 Å². The van der Waals surface area contributed by atoms with Gasteiger partial charge in [-0.15, -0.1) is 10.2 Å². The van der Waals surface area contributed by atoms with Gasteiger partial charge >= 0.3 is 0 Å². The van der Waals surface area contributed by atoms with Crippen LogP contribution in [0.2, 0.25) is 0 Å². The highest BCUT2D eigenvalue weighted by molar-refractivity contribution is 5.88. The van der Waals surface area contributed by atoms with Gasteiger partial charge in [0.2, 0.25) is 5.91 Å².